The van der Waals surface area contributed by atoms with Gasteiger partial charge in [-0.3, -0.25) is 4.72 Å². The number of sulfonamides is 1. The predicted molar refractivity (Wildman–Crippen MR) is 183 cm³/mol. The van der Waals surface area contributed by atoms with Gasteiger partial charge >= 0.3 is 5.97 Å². The number of furan rings is 1. The Morgan fingerprint density at radius 1 is 1.06 bits per heavy atom. The monoisotopic (exact) mass is 671 g/mol. The summed E-state index contributed by atoms with van der Waals surface area (Å²) in [7, 11) is -2.13. The molecule has 2 aliphatic rings. The maximum Gasteiger partial charge on any atom is 0.337 e. The van der Waals surface area contributed by atoms with Crippen LogP contribution in [0.4, 0.5) is 15.8 Å². The van der Waals surface area contributed by atoms with Gasteiger partial charge in [0.2, 0.25) is 10.0 Å². The quantitative estimate of drug-likeness (QED) is 0.112. The molecule has 1 aromatic heterocycles. The van der Waals surface area contributed by atoms with Crippen LogP contribution in [0.1, 0.15) is 62.9 Å². The van der Waals surface area contributed by atoms with Crippen molar-refractivity contribution in [2.24, 2.45) is 0 Å². The maximum absolute atomic E-state index is 14.0. The van der Waals surface area contributed by atoms with Crippen molar-refractivity contribution < 1.29 is 27.1 Å². The van der Waals surface area contributed by atoms with E-state index in [0.29, 0.717) is 29.0 Å². The van der Waals surface area contributed by atoms with Crippen LogP contribution < -0.4 is 15.8 Å². The number of nitrogen functional groups attached to an aromatic ring is 1. The summed E-state index contributed by atoms with van der Waals surface area (Å²) in [5.74, 6) is -1.41. The van der Waals surface area contributed by atoms with Crippen LogP contribution in [0.5, 0.6) is 0 Å². The lowest BCUT2D eigenvalue weighted by molar-refractivity contribution is 0.0698. The summed E-state index contributed by atoms with van der Waals surface area (Å²) in [6.45, 7) is 0.644. The molecule has 5 aromatic rings. The highest BCUT2D eigenvalue weighted by Gasteiger charge is 2.35. The molecule has 5 N–H and O–H groups in total. The molecule has 1 unspecified atom stereocenters. The summed E-state index contributed by atoms with van der Waals surface area (Å²) >= 11 is 6.12. The first-order chi connectivity index (χ1) is 22.5. The highest BCUT2D eigenvalue weighted by molar-refractivity contribution is 7.91. The third kappa shape index (κ3) is 5.88. The van der Waals surface area contributed by atoms with Crippen molar-refractivity contribution in [2.45, 2.75) is 30.4 Å². The van der Waals surface area contributed by atoms with E-state index in [2.05, 4.69) is 34.3 Å². The van der Waals surface area contributed by atoms with Gasteiger partial charge in [-0.1, -0.05) is 41.9 Å². The molecule has 0 spiro atoms. The number of aromatic carboxylic acids is 1. The Kier molecular flexibility index (Phi) is 7.82. The Morgan fingerprint density at radius 3 is 2.51 bits per heavy atom. The Balaban J connectivity index is 1.37. The van der Waals surface area contributed by atoms with Crippen molar-refractivity contribution >= 4 is 56.0 Å². The summed E-state index contributed by atoms with van der Waals surface area (Å²) in [4.78, 5) is 11.7. The molecule has 0 bridgehead atoms. The lowest BCUT2D eigenvalue weighted by atomic mass is 9.84. The van der Waals surface area contributed by atoms with Gasteiger partial charge in [-0.15, -0.1) is 0 Å². The summed E-state index contributed by atoms with van der Waals surface area (Å²) in [6.07, 6.45) is 4.05. The van der Waals surface area contributed by atoms with Crippen molar-refractivity contribution in [1.82, 2.24) is 5.32 Å². The number of rotatable bonds is 10. The normalized spacial score (nSPS) is 15.9. The van der Waals surface area contributed by atoms with Gasteiger partial charge in [0.1, 0.15) is 17.2 Å². The average Bonchev–Trinajstić information content (AvgIpc) is 3.72. The Bertz CT molecular complexity index is 2210. The summed E-state index contributed by atoms with van der Waals surface area (Å²) in [6, 6.07) is 20.7. The van der Waals surface area contributed by atoms with Crippen LogP contribution in [0.15, 0.2) is 82.8 Å². The van der Waals surface area contributed by atoms with Crippen LogP contribution in [0.25, 0.3) is 28.4 Å². The first-order valence-electron chi connectivity index (χ1n) is 15.1. The number of hydrogen-bond acceptors (Lipinski definition) is 6. The molecule has 11 heteroatoms. The molecule has 1 fully saturated rings. The zero-order valence-electron chi connectivity index (χ0n) is 25.3. The molecule has 4 aromatic carbocycles. The van der Waals surface area contributed by atoms with Gasteiger partial charge in [0.05, 0.1) is 27.7 Å². The van der Waals surface area contributed by atoms with Crippen molar-refractivity contribution in [2.75, 3.05) is 24.0 Å². The minimum absolute atomic E-state index is 0.00159. The van der Waals surface area contributed by atoms with Crippen LogP contribution in [0.3, 0.4) is 0 Å². The number of carbonyl (C=O) groups is 1. The number of fused-ring (bicyclic) bond motifs is 2. The van der Waals surface area contributed by atoms with E-state index in [1.54, 1.807) is 18.2 Å². The second kappa shape index (κ2) is 11.9. The highest BCUT2D eigenvalue weighted by Crippen LogP contribution is 2.51. The number of halogens is 2. The smallest absolute Gasteiger partial charge is 0.337 e. The van der Waals surface area contributed by atoms with Crippen LogP contribution in [-0.2, 0) is 15.8 Å². The number of anilines is 2. The first-order valence-corrected chi connectivity index (χ1v) is 17.2. The van der Waals surface area contributed by atoms with Crippen LogP contribution >= 0.6 is 11.6 Å². The van der Waals surface area contributed by atoms with Crippen LogP contribution in [0.2, 0.25) is 5.02 Å². The topological polar surface area (TPSA) is 135 Å². The molecule has 1 atom stereocenters. The Labute approximate surface area is 276 Å². The molecule has 7 rings (SSSR count). The van der Waals surface area contributed by atoms with E-state index in [-0.39, 0.29) is 45.4 Å². The summed E-state index contributed by atoms with van der Waals surface area (Å²) in [5.41, 5.74) is 12.4. The molecule has 8 nitrogen and oxygen atoms in total. The van der Waals surface area contributed by atoms with E-state index in [4.69, 9.17) is 21.8 Å². The lowest BCUT2D eigenvalue weighted by Crippen LogP contribution is -2.17. The number of carboxylic acids is 1. The molecular formula is C36H31ClFN3O5S. The summed E-state index contributed by atoms with van der Waals surface area (Å²) < 4.78 is 50.2. The Morgan fingerprint density at radius 2 is 1.81 bits per heavy atom. The number of likely N-dealkylation sites (N-methyl/N-ethyl adjacent to an activating group) is 1. The second-order valence-electron chi connectivity index (χ2n) is 12.1. The van der Waals surface area contributed by atoms with Gasteiger partial charge in [0.15, 0.2) is 0 Å². The van der Waals surface area contributed by atoms with Crippen molar-refractivity contribution in [3.8, 4) is 11.3 Å². The molecule has 47 heavy (non-hydrogen) atoms. The van der Waals surface area contributed by atoms with E-state index >= 15 is 0 Å². The standard InChI is InChI=1S/C36H31ClFN3O5S/c1-40-17-22-12-21-4-2-3-5-26(21)32(22)33-28-16-27(19-6-7-19)23(13-31(28)46-35(33)20-8-10-24(38)11-9-20)18-47(44,45)41-25-14-29(36(42)43)34(39)30(37)15-25/h2-5,8-16,19,32,40-41H,6-7,17-18,39H2,1H3,(H,42,43). The SMILES string of the molecule is CNCC1=Cc2ccccc2C1c1c(-c2ccc(F)cc2)oc2cc(CS(=O)(=O)Nc3cc(Cl)c(N)c(C(=O)O)c3)c(C3CC3)cc12. The zero-order valence-corrected chi connectivity index (χ0v) is 26.9. The molecule has 0 radical (unpaired) electrons. The molecule has 1 heterocycles. The van der Waals surface area contributed by atoms with Gasteiger partial charge in [0, 0.05) is 29.0 Å². The van der Waals surface area contributed by atoms with E-state index in [1.807, 2.05) is 19.2 Å². The molecule has 240 valence electrons. The fraction of sp³-hybridized carbons (Fsp3) is 0.194. The van der Waals surface area contributed by atoms with E-state index < -0.39 is 16.0 Å². The molecule has 1 saturated carbocycles. The lowest BCUT2D eigenvalue weighted by Gasteiger charge is -2.19. The number of nitrogens with two attached hydrogens (primary N) is 1. The van der Waals surface area contributed by atoms with Crippen molar-refractivity contribution in [3.05, 3.63) is 123 Å². The predicted octanol–water partition coefficient (Wildman–Crippen LogP) is 7.74. The minimum Gasteiger partial charge on any atom is -0.478 e. The molecule has 2 aliphatic carbocycles. The van der Waals surface area contributed by atoms with E-state index in [9.17, 15) is 22.7 Å². The fourth-order valence-electron chi connectivity index (χ4n) is 6.58. The van der Waals surface area contributed by atoms with Gasteiger partial charge < -0.3 is 20.6 Å². The van der Waals surface area contributed by atoms with E-state index in [0.717, 1.165) is 52.1 Å². The molecule has 0 aliphatic heterocycles. The van der Waals surface area contributed by atoms with Gasteiger partial charge in [0.25, 0.3) is 0 Å². The zero-order chi connectivity index (χ0) is 33.0. The largest absolute Gasteiger partial charge is 0.478 e. The van der Waals surface area contributed by atoms with Crippen LogP contribution in [-0.4, -0.2) is 33.1 Å². The van der Waals surface area contributed by atoms with Gasteiger partial charge in [-0.2, -0.15) is 0 Å². The highest BCUT2D eigenvalue weighted by atomic mass is 35.5. The van der Waals surface area contributed by atoms with Gasteiger partial charge in [-0.05, 0) is 102 Å². The van der Waals surface area contributed by atoms with Crippen LogP contribution in [0, 0.1) is 5.82 Å². The average molecular weight is 672 g/mol. The summed E-state index contributed by atoms with van der Waals surface area (Å²) in [5, 5.41) is 13.6. The molecular weight excluding hydrogens is 641 g/mol. The van der Waals surface area contributed by atoms with Crippen molar-refractivity contribution in [3.63, 3.8) is 0 Å². The second-order valence-corrected chi connectivity index (χ2v) is 14.2. The Hall–Kier alpha value is -4.64. The minimum atomic E-state index is -4.03. The molecule has 0 saturated heterocycles. The van der Waals surface area contributed by atoms with E-state index in [1.165, 1.54) is 18.2 Å². The number of benzene rings is 4. The maximum atomic E-state index is 14.0. The van der Waals surface area contributed by atoms with Gasteiger partial charge in [-0.25, -0.2) is 17.6 Å². The number of nitrogens with one attached hydrogen (secondary N) is 2. The first kappa shape index (κ1) is 31.0. The third-order valence-electron chi connectivity index (χ3n) is 8.78. The number of carboxylic acid groups (broad SMARTS) is 1. The molecule has 0 amide bonds. The van der Waals surface area contributed by atoms with Crippen molar-refractivity contribution in [1.29, 1.82) is 0 Å². The number of hydrogen-bond donors (Lipinski definition) is 4. The fourth-order valence-corrected chi connectivity index (χ4v) is 8.01. The third-order valence-corrected chi connectivity index (χ3v) is 10.3.